The van der Waals surface area contributed by atoms with Gasteiger partial charge in [-0.2, -0.15) is 0 Å². The normalized spacial score (nSPS) is 10.5. The van der Waals surface area contributed by atoms with Crippen molar-refractivity contribution < 1.29 is 9.59 Å². The number of halogens is 2. The number of nitrogens with one attached hydrogen (secondary N) is 3. The van der Waals surface area contributed by atoms with Gasteiger partial charge in [0.05, 0.1) is 10.6 Å². The van der Waals surface area contributed by atoms with E-state index in [2.05, 4.69) is 16.0 Å². The molecule has 0 aromatic heterocycles. The molecule has 0 aliphatic heterocycles. The monoisotopic (exact) mass is 469 g/mol. The third-order valence-corrected chi connectivity index (χ3v) is 4.77. The molecule has 3 N–H and O–H groups in total. The molecular weight excluding hydrogens is 453 g/mol. The first-order valence-electron chi connectivity index (χ1n) is 9.12. The Labute approximate surface area is 195 Å². The van der Waals surface area contributed by atoms with Gasteiger partial charge in [0.2, 0.25) is 5.91 Å². The van der Waals surface area contributed by atoms with Crippen LogP contribution in [0.5, 0.6) is 0 Å². The van der Waals surface area contributed by atoms with Crippen LogP contribution in [0.15, 0.2) is 78.9 Å². The largest absolute Gasteiger partial charge is 0.332 e. The predicted molar refractivity (Wildman–Crippen MR) is 131 cm³/mol. The van der Waals surface area contributed by atoms with Crippen LogP contribution in [0.3, 0.4) is 0 Å². The lowest BCUT2D eigenvalue weighted by molar-refractivity contribution is -0.115. The highest BCUT2D eigenvalue weighted by molar-refractivity contribution is 7.80. The van der Waals surface area contributed by atoms with Gasteiger partial charge in [-0.05, 0) is 60.3 Å². The van der Waals surface area contributed by atoms with Crippen molar-refractivity contribution in [3.05, 3.63) is 100 Å². The fourth-order valence-electron chi connectivity index (χ4n) is 2.60. The van der Waals surface area contributed by atoms with E-state index in [1.807, 2.05) is 30.3 Å². The summed E-state index contributed by atoms with van der Waals surface area (Å²) in [6.07, 6.45) is 3.09. The van der Waals surface area contributed by atoms with Crippen molar-refractivity contribution in [1.82, 2.24) is 5.32 Å². The van der Waals surface area contributed by atoms with Crippen LogP contribution in [0.25, 0.3) is 6.08 Å². The van der Waals surface area contributed by atoms with E-state index in [1.165, 1.54) is 12.1 Å². The van der Waals surface area contributed by atoms with Crippen molar-refractivity contribution in [2.24, 2.45) is 0 Å². The molecule has 0 radical (unpaired) electrons. The Morgan fingerprint density at radius 3 is 2.26 bits per heavy atom. The predicted octanol–water partition coefficient (Wildman–Crippen LogP) is 5.77. The molecule has 0 atom stereocenters. The van der Waals surface area contributed by atoms with E-state index >= 15 is 0 Å². The summed E-state index contributed by atoms with van der Waals surface area (Å²) in [6, 6.07) is 21.0. The van der Waals surface area contributed by atoms with Crippen molar-refractivity contribution in [3.63, 3.8) is 0 Å². The van der Waals surface area contributed by atoms with E-state index in [4.69, 9.17) is 35.4 Å². The van der Waals surface area contributed by atoms with Crippen LogP contribution < -0.4 is 16.0 Å². The van der Waals surface area contributed by atoms with Crippen molar-refractivity contribution >= 4 is 69.8 Å². The zero-order valence-electron chi connectivity index (χ0n) is 16.1. The Morgan fingerprint density at radius 2 is 1.55 bits per heavy atom. The summed E-state index contributed by atoms with van der Waals surface area (Å²) in [5.74, 6) is -0.732. The molecule has 8 heteroatoms. The molecule has 0 heterocycles. The number of thiocarbonyl (C=S) groups is 1. The molecule has 0 aliphatic carbocycles. The lowest BCUT2D eigenvalue weighted by Crippen LogP contribution is -2.32. The number of hydrogen-bond donors (Lipinski definition) is 3. The minimum Gasteiger partial charge on any atom is -0.332 e. The fourth-order valence-corrected chi connectivity index (χ4v) is 3.31. The number of anilines is 2. The molecule has 0 spiro atoms. The Bertz CT molecular complexity index is 1150. The molecule has 0 unspecified atom stereocenters. The maximum absolute atomic E-state index is 12.5. The minimum atomic E-state index is -0.374. The second kappa shape index (κ2) is 10.7. The number of hydrogen-bond acceptors (Lipinski definition) is 3. The van der Waals surface area contributed by atoms with Gasteiger partial charge in [0.25, 0.3) is 5.91 Å². The smallest absolute Gasteiger partial charge is 0.257 e. The molecule has 0 fully saturated rings. The maximum atomic E-state index is 12.5. The molecule has 3 rings (SSSR count). The van der Waals surface area contributed by atoms with Crippen molar-refractivity contribution in [3.8, 4) is 0 Å². The highest BCUT2D eigenvalue weighted by atomic mass is 35.5. The van der Waals surface area contributed by atoms with Crippen LogP contribution in [0.1, 0.15) is 15.9 Å². The molecule has 0 bridgehead atoms. The van der Waals surface area contributed by atoms with Crippen molar-refractivity contribution in [1.29, 1.82) is 0 Å². The maximum Gasteiger partial charge on any atom is 0.257 e. The molecule has 0 saturated carbocycles. The number of carbonyl (C=O) groups is 2. The highest BCUT2D eigenvalue weighted by Gasteiger charge is 2.11. The van der Waals surface area contributed by atoms with E-state index in [-0.39, 0.29) is 21.9 Å². The van der Waals surface area contributed by atoms with Crippen molar-refractivity contribution in [2.75, 3.05) is 10.6 Å². The second-order valence-electron chi connectivity index (χ2n) is 6.35. The molecule has 5 nitrogen and oxygen atoms in total. The average molecular weight is 470 g/mol. The lowest BCUT2D eigenvalue weighted by atomic mass is 10.2. The van der Waals surface area contributed by atoms with E-state index in [1.54, 1.807) is 42.5 Å². The van der Waals surface area contributed by atoms with E-state index < -0.39 is 0 Å². The Morgan fingerprint density at radius 1 is 0.839 bits per heavy atom. The third kappa shape index (κ3) is 6.93. The number of carbonyl (C=O) groups excluding carboxylic acids is 2. The summed E-state index contributed by atoms with van der Waals surface area (Å²) in [6.45, 7) is 0. The third-order valence-electron chi connectivity index (χ3n) is 4.02. The lowest BCUT2D eigenvalue weighted by Gasteiger charge is -2.11. The Kier molecular flexibility index (Phi) is 7.78. The van der Waals surface area contributed by atoms with Crippen LogP contribution in [0.4, 0.5) is 11.4 Å². The SMILES string of the molecule is O=C(/C=C/c1ccccc1)NC(=S)Nc1cccc(NC(=O)c2ccc(Cl)cc2Cl)c1. The molecular formula is C23H17Cl2N3O2S. The van der Waals surface area contributed by atoms with E-state index in [9.17, 15) is 9.59 Å². The Balaban J connectivity index is 1.58. The summed E-state index contributed by atoms with van der Waals surface area (Å²) >= 11 is 17.1. The standard InChI is InChI=1S/C23H17Cl2N3O2S/c24-16-10-11-19(20(25)13-16)22(30)26-17-7-4-8-18(14-17)27-23(31)28-21(29)12-9-15-5-2-1-3-6-15/h1-14H,(H,26,30)(H2,27,28,29,31)/b12-9+. The van der Waals surface area contributed by atoms with Gasteiger partial charge in [-0.25, -0.2) is 0 Å². The Hall–Kier alpha value is -3.19. The molecule has 3 aromatic carbocycles. The first-order chi connectivity index (χ1) is 14.9. The zero-order valence-corrected chi connectivity index (χ0v) is 18.4. The van der Waals surface area contributed by atoms with Gasteiger partial charge in [-0.1, -0.05) is 59.6 Å². The first kappa shape index (κ1) is 22.5. The van der Waals surface area contributed by atoms with Crippen LogP contribution >= 0.6 is 35.4 Å². The molecule has 156 valence electrons. The number of amides is 2. The van der Waals surface area contributed by atoms with Gasteiger partial charge >= 0.3 is 0 Å². The summed E-state index contributed by atoms with van der Waals surface area (Å²) in [7, 11) is 0. The molecule has 3 aromatic rings. The summed E-state index contributed by atoms with van der Waals surface area (Å²) in [4.78, 5) is 24.5. The summed E-state index contributed by atoms with van der Waals surface area (Å²) < 4.78 is 0. The molecule has 31 heavy (non-hydrogen) atoms. The molecule has 0 saturated heterocycles. The zero-order chi connectivity index (χ0) is 22.2. The topological polar surface area (TPSA) is 70.2 Å². The van der Waals surface area contributed by atoms with Gasteiger partial charge in [-0.3, -0.25) is 14.9 Å². The minimum absolute atomic E-state index is 0.131. The van der Waals surface area contributed by atoms with Crippen LogP contribution in [-0.4, -0.2) is 16.9 Å². The number of rotatable bonds is 5. The molecule has 0 aliphatic rings. The van der Waals surface area contributed by atoms with E-state index in [0.717, 1.165) is 5.56 Å². The van der Waals surface area contributed by atoms with Gasteiger partial charge in [0.1, 0.15) is 0 Å². The van der Waals surface area contributed by atoms with Gasteiger partial charge in [0, 0.05) is 22.5 Å². The fraction of sp³-hybridized carbons (Fsp3) is 0. The van der Waals surface area contributed by atoms with Gasteiger partial charge in [-0.15, -0.1) is 0 Å². The van der Waals surface area contributed by atoms with Crippen LogP contribution in [0.2, 0.25) is 10.0 Å². The van der Waals surface area contributed by atoms with E-state index in [0.29, 0.717) is 22.0 Å². The second-order valence-corrected chi connectivity index (χ2v) is 7.60. The van der Waals surface area contributed by atoms with Gasteiger partial charge < -0.3 is 10.6 Å². The first-order valence-corrected chi connectivity index (χ1v) is 10.3. The average Bonchev–Trinajstić information content (AvgIpc) is 2.73. The quantitative estimate of drug-likeness (QED) is 0.327. The molecule has 2 amide bonds. The van der Waals surface area contributed by atoms with Gasteiger partial charge in [0.15, 0.2) is 5.11 Å². The van der Waals surface area contributed by atoms with Crippen molar-refractivity contribution in [2.45, 2.75) is 0 Å². The highest BCUT2D eigenvalue weighted by Crippen LogP contribution is 2.23. The summed E-state index contributed by atoms with van der Waals surface area (Å²) in [5, 5.41) is 9.09. The summed E-state index contributed by atoms with van der Waals surface area (Å²) in [5.41, 5.74) is 2.33. The van der Waals surface area contributed by atoms with Crippen LogP contribution in [0, 0.1) is 0 Å². The van der Waals surface area contributed by atoms with Crippen LogP contribution in [-0.2, 0) is 4.79 Å². The number of benzene rings is 3.